The van der Waals surface area contributed by atoms with E-state index in [1.165, 1.54) is 6.20 Å². The minimum absolute atomic E-state index is 0.637. The predicted octanol–water partition coefficient (Wildman–Crippen LogP) is 1.17. The van der Waals surface area contributed by atoms with Crippen molar-refractivity contribution in [3.05, 3.63) is 29.0 Å². The van der Waals surface area contributed by atoms with Crippen molar-refractivity contribution >= 4 is 11.6 Å². The van der Waals surface area contributed by atoms with Gasteiger partial charge in [-0.3, -0.25) is 5.21 Å². The third kappa shape index (κ3) is 1.33. The molecule has 0 aromatic carbocycles. The molecule has 0 spiro atoms. The maximum atomic E-state index is 8.90. The summed E-state index contributed by atoms with van der Waals surface area (Å²) < 4.78 is 1.02. The van der Waals surface area contributed by atoms with Gasteiger partial charge in [-0.05, 0) is 0 Å². The van der Waals surface area contributed by atoms with Crippen LogP contribution >= 0.6 is 11.6 Å². The molecule has 0 saturated heterocycles. The lowest BCUT2D eigenvalue weighted by atomic mass is 10.4. The third-order valence-corrected chi connectivity index (χ3v) is 1.32. The second-order valence-corrected chi connectivity index (χ2v) is 2.27. The lowest BCUT2D eigenvalue weighted by Crippen LogP contribution is -2.32. The molecule has 0 unspecified atom stereocenters. The van der Waals surface area contributed by atoms with Crippen molar-refractivity contribution in [2.75, 3.05) is 0 Å². The molecular formula is C6H7ClNO+. The van der Waals surface area contributed by atoms with Crippen LogP contribution in [-0.4, -0.2) is 5.21 Å². The monoisotopic (exact) mass is 144 g/mol. The normalized spacial score (nSPS) is 9.56. The summed E-state index contributed by atoms with van der Waals surface area (Å²) >= 11 is 5.59. The van der Waals surface area contributed by atoms with Gasteiger partial charge in [0.2, 0.25) is 11.9 Å². The molecule has 9 heavy (non-hydrogen) atoms. The Labute approximate surface area is 58.3 Å². The highest BCUT2D eigenvalue weighted by atomic mass is 35.5. The minimum Gasteiger partial charge on any atom is -0.285 e. The molecular weight excluding hydrogens is 138 g/mol. The fourth-order valence-electron chi connectivity index (χ4n) is 0.573. The summed E-state index contributed by atoms with van der Waals surface area (Å²) in [5, 5.41) is 9.54. The van der Waals surface area contributed by atoms with E-state index in [1.807, 2.05) is 0 Å². The van der Waals surface area contributed by atoms with Gasteiger partial charge in [0.15, 0.2) is 0 Å². The maximum Gasteiger partial charge on any atom is 0.232 e. The number of nitrogens with zero attached hydrogens (tertiary/aromatic N) is 1. The Hall–Kier alpha value is -0.760. The lowest BCUT2D eigenvalue weighted by molar-refractivity contribution is -0.908. The van der Waals surface area contributed by atoms with Crippen LogP contribution in [0.1, 0.15) is 5.69 Å². The Morgan fingerprint density at radius 1 is 1.67 bits per heavy atom. The third-order valence-electron chi connectivity index (χ3n) is 1.08. The van der Waals surface area contributed by atoms with Crippen LogP contribution in [0.4, 0.5) is 0 Å². The maximum absolute atomic E-state index is 8.90. The fourth-order valence-corrected chi connectivity index (χ4v) is 0.787. The van der Waals surface area contributed by atoms with Crippen LogP contribution in [0.3, 0.4) is 0 Å². The minimum atomic E-state index is 0.637. The molecule has 1 rings (SSSR count). The number of aromatic nitrogens is 1. The van der Waals surface area contributed by atoms with Crippen molar-refractivity contribution in [3.8, 4) is 0 Å². The van der Waals surface area contributed by atoms with E-state index in [4.69, 9.17) is 16.8 Å². The molecule has 0 radical (unpaired) electrons. The quantitative estimate of drug-likeness (QED) is 0.429. The van der Waals surface area contributed by atoms with Gasteiger partial charge in [-0.25, -0.2) is 0 Å². The topological polar surface area (TPSA) is 24.1 Å². The van der Waals surface area contributed by atoms with E-state index < -0.39 is 0 Å². The molecule has 0 fully saturated rings. The van der Waals surface area contributed by atoms with E-state index in [2.05, 4.69) is 0 Å². The Bertz CT molecular complexity index is 224. The highest BCUT2D eigenvalue weighted by Gasteiger charge is 2.01. The van der Waals surface area contributed by atoms with E-state index in [0.29, 0.717) is 5.02 Å². The molecule has 1 aromatic heterocycles. The SMILES string of the molecule is Cc1cc(Cl)cc[n+]1O. The van der Waals surface area contributed by atoms with Crippen LogP contribution < -0.4 is 4.73 Å². The number of aryl methyl sites for hydroxylation is 1. The molecule has 1 N–H and O–H groups in total. The van der Waals surface area contributed by atoms with Gasteiger partial charge in [0.1, 0.15) is 0 Å². The Balaban J connectivity index is 3.17. The van der Waals surface area contributed by atoms with Gasteiger partial charge in [-0.1, -0.05) is 11.6 Å². The summed E-state index contributed by atoms with van der Waals surface area (Å²) in [6.45, 7) is 1.77. The first kappa shape index (κ1) is 6.36. The molecule has 1 aromatic rings. The smallest absolute Gasteiger partial charge is 0.232 e. The largest absolute Gasteiger partial charge is 0.285 e. The molecule has 48 valence electrons. The van der Waals surface area contributed by atoms with Crippen LogP contribution in [-0.2, 0) is 0 Å². The first-order chi connectivity index (χ1) is 4.20. The van der Waals surface area contributed by atoms with Gasteiger partial charge in [0.05, 0.1) is 5.02 Å². The summed E-state index contributed by atoms with van der Waals surface area (Å²) in [6, 6.07) is 3.30. The molecule has 1 heterocycles. The van der Waals surface area contributed by atoms with Gasteiger partial charge in [-0.15, -0.1) is 0 Å². The zero-order chi connectivity index (χ0) is 6.85. The zero-order valence-electron chi connectivity index (χ0n) is 5.00. The summed E-state index contributed by atoms with van der Waals surface area (Å²) in [6.07, 6.45) is 1.50. The number of hydrogen-bond donors (Lipinski definition) is 1. The standard InChI is InChI=1S/C6H7ClNO/c1-5-4-6(7)2-3-8(5)9/h2-4,9H,1H3/q+1. The van der Waals surface area contributed by atoms with Crippen molar-refractivity contribution in [1.29, 1.82) is 0 Å². The van der Waals surface area contributed by atoms with E-state index in [9.17, 15) is 0 Å². The van der Waals surface area contributed by atoms with Crippen molar-refractivity contribution in [2.24, 2.45) is 0 Å². The van der Waals surface area contributed by atoms with Crippen LogP contribution in [0.15, 0.2) is 18.3 Å². The lowest BCUT2D eigenvalue weighted by Gasteiger charge is -1.87. The van der Waals surface area contributed by atoms with Gasteiger partial charge in [-0.2, -0.15) is 0 Å². The number of hydrogen-bond acceptors (Lipinski definition) is 1. The molecule has 0 saturated carbocycles. The number of halogens is 1. The van der Waals surface area contributed by atoms with Gasteiger partial charge >= 0.3 is 0 Å². The van der Waals surface area contributed by atoms with Crippen LogP contribution in [0, 0.1) is 6.92 Å². The van der Waals surface area contributed by atoms with Crippen LogP contribution in [0.25, 0.3) is 0 Å². The molecule has 2 nitrogen and oxygen atoms in total. The Morgan fingerprint density at radius 2 is 2.33 bits per heavy atom. The second kappa shape index (κ2) is 2.23. The average molecular weight is 145 g/mol. The van der Waals surface area contributed by atoms with Gasteiger partial charge in [0, 0.05) is 23.8 Å². The summed E-state index contributed by atoms with van der Waals surface area (Å²) in [5.41, 5.74) is 0.725. The molecule has 0 atom stereocenters. The Morgan fingerprint density at radius 3 is 2.78 bits per heavy atom. The zero-order valence-corrected chi connectivity index (χ0v) is 5.76. The average Bonchev–Trinajstić information content (AvgIpc) is 1.80. The second-order valence-electron chi connectivity index (χ2n) is 1.83. The number of rotatable bonds is 0. The van der Waals surface area contributed by atoms with Crippen molar-refractivity contribution in [3.63, 3.8) is 0 Å². The first-order valence-electron chi connectivity index (χ1n) is 2.57. The fraction of sp³-hybridized carbons (Fsp3) is 0.167. The molecule has 3 heteroatoms. The highest BCUT2D eigenvalue weighted by Crippen LogP contribution is 2.04. The summed E-state index contributed by atoms with van der Waals surface area (Å²) in [5.74, 6) is 0. The van der Waals surface area contributed by atoms with Crippen LogP contribution in [0.5, 0.6) is 0 Å². The Kier molecular flexibility index (Phi) is 1.58. The van der Waals surface area contributed by atoms with E-state index in [0.717, 1.165) is 10.4 Å². The summed E-state index contributed by atoms with van der Waals surface area (Å²) in [4.78, 5) is 0. The van der Waals surface area contributed by atoms with Crippen molar-refractivity contribution < 1.29 is 9.94 Å². The predicted molar refractivity (Wildman–Crippen MR) is 33.6 cm³/mol. The summed E-state index contributed by atoms with van der Waals surface area (Å²) in [7, 11) is 0. The number of pyridine rings is 1. The molecule has 0 aliphatic carbocycles. The molecule has 0 amide bonds. The van der Waals surface area contributed by atoms with Gasteiger partial charge < -0.3 is 0 Å². The van der Waals surface area contributed by atoms with E-state index in [1.54, 1.807) is 19.1 Å². The van der Waals surface area contributed by atoms with Crippen molar-refractivity contribution in [1.82, 2.24) is 0 Å². The van der Waals surface area contributed by atoms with Crippen molar-refractivity contribution in [2.45, 2.75) is 6.92 Å². The highest BCUT2D eigenvalue weighted by molar-refractivity contribution is 6.30. The molecule has 0 bridgehead atoms. The molecule has 0 aliphatic heterocycles. The van der Waals surface area contributed by atoms with E-state index >= 15 is 0 Å². The first-order valence-corrected chi connectivity index (χ1v) is 2.95. The van der Waals surface area contributed by atoms with Gasteiger partial charge in [0.25, 0.3) is 0 Å². The molecule has 0 aliphatic rings. The van der Waals surface area contributed by atoms with Crippen LogP contribution in [0.2, 0.25) is 5.02 Å². The van der Waals surface area contributed by atoms with E-state index in [-0.39, 0.29) is 0 Å².